The number of amides is 1. The molecule has 1 N–H and O–H groups in total. The van der Waals surface area contributed by atoms with E-state index in [1.165, 1.54) is 5.56 Å². The van der Waals surface area contributed by atoms with E-state index < -0.39 is 0 Å². The molecule has 0 spiro atoms. The zero-order valence-corrected chi connectivity index (χ0v) is 10.1. The molecular formula is C14H18N2O. The molecule has 1 saturated carbocycles. The van der Waals surface area contributed by atoms with Crippen molar-refractivity contribution in [3.05, 3.63) is 35.9 Å². The molecule has 3 rings (SSSR count). The predicted octanol–water partition coefficient (Wildman–Crippen LogP) is 1.92. The first-order valence-electron chi connectivity index (χ1n) is 6.35. The lowest BCUT2D eigenvalue weighted by atomic mass is 9.80. The van der Waals surface area contributed by atoms with Crippen LogP contribution in [-0.4, -0.2) is 23.4 Å². The Morgan fingerprint density at radius 1 is 1.24 bits per heavy atom. The molecule has 1 saturated heterocycles. The molecule has 2 aliphatic rings. The van der Waals surface area contributed by atoms with Gasteiger partial charge in [-0.1, -0.05) is 37.3 Å². The van der Waals surface area contributed by atoms with Crippen LogP contribution in [0.2, 0.25) is 0 Å². The zero-order chi connectivity index (χ0) is 11.8. The van der Waals surface area contributed by atoms with Crippen LogP contribution in [0.15, 0.2) is 30.3 Å². The van der Waals surface area contributed by atoms with Crippen molar-refractivity contribution in [2.24, 2.45) is 5.92 Å². The van der Waals surface area contributed by atoms with E-state index in [-0.39, 0.29) is 12.1 Å². The molecule has 1 aromatic carbocycles. The maximum Gasteiger partial charge on any atom is 0.238 e. The van der Waals surface area contributed by atoms with Crippen molar-refractivity contribution >= 4 is 5.91 Å². The van der Waals surface area contributed by atoms with Crippen LogP contribution in [0.25, 0.3) is 0 Å². The van der Waals surface area contributed by atoms with E-state index in [1.807, 2.05) is 18.2 Å². The molecule has 0 radical (unpaired) electrons. The predicted molar refractivity (Wildman–Crippen MR) is 66.2 cm³/mol. The van der Waals surface area contributed by atoms with Crippen molar-refractivity contribution in [3.8, 4) is 0 Å². The molecule has 0 bridgehead atoms. The molecule has 1 aromatic rings. The van der Waals surface area contributed by atoms with Crippen molar-refractivity contribution in [2.45, 2.75) is 32.0 Å². The topological polar surface area (TPSA) is 32.3 Å². The van der Waals surface area contributed by atoms with Gasteiger partial charge in [0.15, 0.2) is 0 Å². The third-order valence-corrected chi connectivity index (χ3v) is 3.87. The van der Waals surface area contributed by atoms with Crippen LogP contribution < -0.4 is 5.32 Å². The Balaban J connectivity index is 1.82. The Labute approximate surface area is 102 Å². The molecule has 90 valence electrons. The highest BCUT2D eigenvalue weighted by molar-refractivity contribution is 5.81. The smallest absolute Gasteiger partial charge is 0.238 e. The maximum atomic E-state index is 12.0. The molecule has 1 atom stereocenters. The van der Waals surface area contributed by atoms with Gasteiger partial charge in [0.05, 0.1) is 6.54 Å². The van der Waals surface area contributed by atoms with Crippen molar-refractivity contribution in [2.75, 3.05) is 6.54 Å². The Morgan fingerprint density at radius 2 is 1.94 bits per heavy atom. The number of hydrogen-bond acceptors (Lipinski definition) is 2. The summed E-state index contributed by atoms with van der Waals surface area (Å²) in [7, 11) is 0. The summed E-state index contributed by atoms with van der Waals surface area (Å²) >= 11 is 0. The van der Waals surface area contributed by atoms with Crippen LogP contribution in [-0.2, 0) is 4.79 Å². The first kappa shape index (κ1) is 10.8. The average Bonchev–Trinajstić information content (AvgIpc) is 2.68. The number of rotatable bonds is 2. The Bertz CT molecular complexity index is 411. The molecule has 1 unspecified atom stereocenters. The highest BCUT2D eigenvalue weighted by Crippen LogP contribution is 2.37. The van der Waals surface area contributed by atoms with Crippen molar-refractivity contribution in [3.63, 3.8) is 0 Å². The van der Waals surface area contributed by atoms with E-state index in [4.69, 9.17) is 0 Å². The van der Waals surface area contributed by atoms with Gasteiger partial charge in [-0.2, -0.15) is 0 Å². The molecule has 1 heterocycles. The second kappa shape index (κ2) is 4.15. The molecule has 0 aromatic heterocycles. The summed E-state index contributed by atoms with van der Waals surface area (Å²) < 4.78 is 0. The monoisotopic (exact) mass is 230 g/mol. The van der Waals surface area contributed by atoms with Crippen LogP contribution in [0.5, 0.6) is 0 Å². The van der Waals surface area contributed by atoms with Gasteiger partial charge in [0, 0.05) is 6.04 Å². The lowest BCUT2D eigenvalue weighted by Crippen LogP contribution is -2.46. The Hall–Kier alpha value is -1.35. The van der Waals surface area contributed by atoms with E-state index in [9.17, 15) is 4.79 Å². The number of nitrogens with one attached hydrogen (secondary N) is 1. The highest BCUT2D eigenvalue weighted by atomic mass is 16.2. The molecular weight excluding hydrogens is 212 g/mol. The fourth-order valence-corrected chi connectivity index (χ4v) is 2.93. The van der Waals surface area contributed by atoms with E-state index in [0.717, 1.165) is 18.8 Å². The second-order valence-corrected chi connectivity index (χ2v) is 5.23. The normalized spacial score (nSPS) is 32.6. The van der Waals surface area contributed by atoms with Crippen LogP contribution in [0, 0.1) is 5.92 Å². The van der Waals surface area contributed by atoms with E-state index in [2.05, 4.69) is 29.3 Å². The van der Waals surface area contributed by atoms with Gasteiger partial charge in [-0.05, 0) is 24.3 Å². The standard InChI is InChI=1S/C14H18N2O/c1-10-7-12(8-10)16-13(17)9-15-14(16)11-5-3-2-4-6-11/h2-6,10,12,14-15H,7-9H2,1H3. The van der Waals surface area contributed by atoms with Gasteiger partial charge in [-0.15, -0.1) is 0 Å². The fourth-order valence-electron chi connectivity index (χ4n) is 2.93. The maximum absolute atomic E-state index is 12.0. The quantitative estimate of drug-likeness (QED) is 0.841. The first-order valence-corrected chi connectivity index (χ1v) is 6.35. The van der Waals surface area contributed by atoms with Gasteiger partial charge >= 0.3 is 0 Å². The average molecular weight is 230 g/mol. The van der Waals surface area contributed by atoms with E-state index in [0.29, 0.717) is 12.6 Å². The minimum absolute atomic E-state index is 0.0844. The Kier molecular flexibility index (Phi) is 2.63. The van der Waals surface area contributed by atoms with Crippen molar-refractivity contribution in [1.82, 2.24) is 10.2 Å². The summed E-state index contributed by atoms with van der Waals surface area (Å²) in [6.45, 7) is 2.73. The fraction of sp³-hybridized carbons (Fsp3) is 0.500. The molecule has 3 nitrogen and oxygen atoms in total. The molecule has 1 aliphatic heterocycles. The van der Waals surface area contributed by atoms with Gasteiger partial charge < -0.3 is 4.90 Å². The number of carbonyl (C=O) groups excluding carboxylic acids is 1. The number of nitrogens with zero attached hydrogens (tertiary/aromatic N) is 1. The third-order valence-electron chi connectivity index (χ3n) is 3.87. The highest BCUT2D eigenvalue weighted by Gasteiger charge is 2.41. The van der Waals surface area contributed by atoms with Crippen LogP contribution >= 0.6 is 0 Å². The van der Waals surface area contributed by atoms with E-state index >= 15 is 0 Å². The van der Waals surface area contributed by atoms with Gasteiger partial charge in [0.1, 0.15) is 6.17 Å². The minimum atomic E-state index is 0.0844. The number of carbonyl (C=O) groups is 1. The molecule has 3 heteroatoms. The summed E-state index contributed by atoms with van der Waals surface area (Å²) in [4.78, 5) is 14.0. The minimum Gasteiger partial charge on any atom is -0.319 e. The summed E-state index contributed by atoms with van der Waals surface area (Å²) in [6.07, 6.45) is 2.38. The van der Waals surface area contributed by atoms with Crippen LogP contribution in [0.3, 0.4) is 0 Å². The lowest BCUT2D eigenvalue weighted by molar-refractivity contribution is -0.133. The van der Waals surface area contributed by atoms with Crippen molar-refractivity contribution in [1.29, 1.82) is 0 Å². The van der Waals surface area contributed by atoms with Crippen LogP contribution in [0.4, 0.5) is 0 Å². The molecule has 1 aliphatic carbocycles. The lowest BCUT2D eigenvalue weighted by Gasteiger charge is -2.42. The zero-order valence-electron chi connectivity index (χ0n) is 10.1. The van der Waals surface area contributed by atoms with Crippen molar-refractivity contribution < 1.29 is 4.79 Å². The Morgan fingerprint density at radius 3 is 2.59 bits per heavy atom. The van der Waals surface area contributed by atoms with Gasteiger partial charge in [-0.25, -0.2) is 0 Å². The van der Waals surface area contributed by atoms with Gasteiger partial charge in [-0.3, -0.25) is 10.1 Å². The third kappa shape index (κ3) is 1.84. The first-order chi connectivity index (χ1) is 8.25. The second-order valence-electron chi connectivity index (χ2n) is 5.23. The summed E-state index contributed by atoms with van der Waals surface area (Å²) in [6, 6.07) is 10.7. The van der Waals surface area contributed by atoms with Gasteiger partial charge in [0.25, 0.3) is 0 Å². The summed E-state index contributed by atoms with van der Waals surface area (Å²) in [5.41, 5.74) is 1.19. The molecule has 2 fully saturated rings. The van der Waals surface area contributed by atoms with E-state index in [1.54, 1.807) is 0 Å². The van der Waals surface area contributed by atoms with Crippen LogP contribution in [0.1, 0.15) is 31.5 Å². The van der Waals surface area contributed by atoms with Gasteiger partial charge in [0.2, 0.25) is 5.91 Å². The summed E-state index contributed by atoms with van der Waals surface area (Å²) in [5.74, 6) is 1.01. The largest absolute Gasteiger partial charge is 0.319 e. The number of benzene rings is 1. The SMILES string of the molecule is CC1CC(N2C(=O)CNC2c2ccccc2)C1. The molecule has 1 amide bonds. The molecule has 17 heavy (non-hydrogen) atoms. The summed E-state index contributed by atoms with van der Waals surface area (Å²) in [5, 5.41) is 3.31. The number of hydrogen-bond donors (Lipinski definition) is 1.